The van der Waals surface area contributed by atoms with E-state index < -0.39 is 5.91 Å². The number of primary amides is 1. The fourth-order valence-corrected chi connectivity index (χ4v) is 3.45. The van der Waals surface area contributed by atoms with Gasteiger partial charge in [-0.2, -0.15) is 0 Å². The third-order valence-electron chi connectivity index (χ3n) is 4.78. The summed E-state index contributed by atoms with van der Waals surface area (Å²) in [5.74, 6) is -0.818. The van der Waals surface area contributed by atoms with Crippen LogP contribution in [-0.4, -0.2) is 28.5 Å². The van der Waals surface area contributed by atoms with Crippen LogP contribution in [0.15, 0.2) is 54.7 Å². The molecule has 6 heteroatoms. The topological polar surface area (TPSA) is 87.2 Å². The molecule has 28 heavy (non-hydrogen) atoms. The van der Waals surface area contributed by atoms with Crippen LogP contribution in [0.25, 0.3) is 11.3 Å². The van der Waals surface area contributed by atoms with E-state index in [2.05, 4.69) is 4.98 Å². The molecule has 0 bridgehead atoms. The van der Waals surface area contributed by atoms with Crippen molar-refractivity contribution in [2.45, 2.75) is 26.3 Å². The number of aromatic nitrogens is 2. The SMILES string of the molecule is COC(=O)CCc1c(-c2ccccn2)c(C(N)=O)c(C)n1Cc1ccccc1. The molecule has 0 fully saturated rings. The van der Waals surface area contributed by atoms with E-state index in [4.69, 9.17) is 10.5 Å². The first-order chi connectivity index (χ1) is 13.5. The van der Waals surface area contributed by atoms with E-state index in [-0.39, 0.29) is 12.4 Å². The highest BCUT2D eigenvalue weighted by Gasteiger charge is 2.26. The lowest BCUT2D eigenvalue weighted by atomic mass is 10.0. The van der Waals surface area contributed by atoms with Gasteiger partial charge in [-0.15, -0.1) is 0 Å². The van der Waals surface area contributed by atoms with E-state index >= 15 is 0 Å². The Balaban J connectivity index is 2.19. The molecule has 0 saturated heterocycles. The van der Waals surface area contributed by atoms with Gasteiger partial charge in [0, 0.05) is 29.7 Å². The third kappa shape index (κ3) is 3.96. The number of amides is 1. The van der Waals surface area contributed by atoms with Crippen LogP contribution in [0.5, 0.6) is 0 Å². The van der Waals surface area contributed by atoms with Crippen molar-refractivity contribution < 1.29 is 14.3 Å². The minimum absolute atomic E-state index is 0.201. The number of ether oxygens (including phenoxy) is 1. The zero-order valence-electron chi connectivity index (χ0n) is 16.0. The van der Waals surface area contributed by atoms with Crippen molar-refractivity contribution in [2.24, 2.45) is 5.73 Å². The van der Waals surface area contributed by atoms with Gasteiger partial charge in [-0.1, -0.05) is 36.4 Å². The standard InChI is InChI=1S/C22H23N3O3/c1-15-20(22(23)27)21(17-10-6-7-13-24-17)18(11-12-19(26)28-2)25(15)14-16-8-4-3-5-9-16/h3-10,13H,11-12,14H2,1-2H3,(H2,23,27). The lowest BCUT2D eigenvalue weighted by Crippen LogP contribution is -2.13. The Morgan fingerprint density at radius 2 is 1.82 bits per heavy atom. The molecular weight excluding hydrogens is 354 g/mol. The summed E-state index contributed by atoms with van der Waals surface area (Å²) in [4.78, 5) is 28.5. The van der Waals surface area contributed by atoms with Crippen LogP contribution in [0, 0.1) is 6.92 Å². The largest absolute Gasteiger partial charge is 0.469 e. The number of carbonyl (C=O) groups excluding carboxylic acids is 2. The number of esters is 1. The molecule has 6 nitrogen and oxygen atoms in total. The Kier molecular flexibility index (Phi) is 5.89. The van der Waals surface area contributed by atoms with E-state index in [9.17, 15) is 9.59 Å². The van der Waals surface area contributed by atoms with Gasteiger partial charge in [0.2, 0.25) is 0 Å². The molecule has 2 heterocycles. The monoisotopic (exact) mass is 377 g/mol. The first kappa shape index (κ1) is 19.4. The van der Waals surface area contributed by atoms with Gasteiger partial charge in [0.15, 0.2) is 0 Å². The highest BCUT2D eigenvalue weighted by molar-refractivity contribution is 6.01. The molecule has 1 aromatic carbocycles. The number of nitrogens with zero attached hydrogens (tertiary/aromatic N) is 2. The van der Waals surface area contributed by atoms with Crippen LogP contribution in [0.3, 0.4) is 0 Å². The fourth-order valence-electron chi connectivity index (χ4n) is 3.45. The normalized spacial score (nSPS) is 10.6. The Hall–Kier alpha value is -3.41. The van der Waals surface area contributed by atoms with Crippen LogP contribution < -0.4 is 5.73 Å². The Morgan fingerprint density at radius 3 is 2.43 bits per heavy atom. The van der Waals surface area contributed by atoms with Gasteiger partial charge < -0.3 is 15.0 Å². The first-order valence-electron chi connectivity index (χ1n) is 9.06. The number of hydrogen-bond donors (Lipinski definition) is 1. The number of nitrogens with two attached hydrogens (primary N) is 1. The van der Waals surface area contributed by atoms with Gasteiger partial charge in [0.05, 0.1) is 24.8 Å². The minimum atomic E-state index is -0.510. The summed E-state index contributed by atoms with van der Waals surface area (Å²) >= 11 is 0. The summed E-state index contributed by atoms with van der Waals surface area (Å²) in [6.07, 6.45) is 2.29. The van der Waals surface area contributed by atoms with Gasteiger partial charge in [-0.05, 0) is 31.0 Å². The molecule has 0 aliphatic carbocycles. The predicted octanol–water partition coefficient (Wildman–Crippen LogP) is 3.11. The van der Waals surface area contributed by atoms with Gasteiger partial charge >= 0.3 is 5.97 Å². The minimum Gasteiger partial charge on any atom is -0.469 e. The molecule has 0 spiro atoms. The molecule has 3 rings (SSSR count). The molecule has 0 atom stereocenters. The maximum Gasteiger partial charge on any atom is 0.305 e. The molecule has 0 saturated carbocycles. The fraction of sp³-hybridized carbons (Fsp3) is 0.227. The highest BCUT2D eigenvalue weighted by atomic mass is 16.5. The maximum atomic E-state index is 12.3. The number of pyridine rings is 1. The van der Waals surface area contributed by atoms with Crippen molar-refractivity contribution >= 4 is 11.9 Å². The second kappa shape index (κ2) is 8.52. The summed E-state index contributed by atoms with van der Waals surface area (Å²) in [6.45, 7) is 2.44. The second-order valence-electron chi connectivity index (χ2n) is 6.51. The van der Waals surface area contributed by atoms with E-state index in [0.29, 0.717) is 29.8 Å². The van der Waals surface area contributed by atoms with E-state index in [1.807, 2.05) is 60.0 Å². The zero-order chi connectivity index (χ0) is 20.1. The molecule has 2 N–H and O–H groups in total. The van der Waals surface area contributed by atoms with Gasteiger partial charge in [-0.25, -0.2) is 0 Å². The molecule has 0 aliphatic heterocycles. The molecule has 0 aliphatic rings. The molecule has 1 amide bonds. The van der Waals surface area contributed by atoms with E-state index in [1.54, 1.807) is 6.20 Å². The summed E-state index contributed by atoms with van der Waals surface area (Å²) in [6, 6.07) is 15.5. The van der Waals surface area contributed by atoms with Crippen molar-refractivity contribution in [3.63, 3.8) is 0 Å². The van der Waals surface area contributed by atoms with Gasteiger partial charge in [0.1, 0.15) is 0 Å². The molecular formula is C22H23N3O3. The maximum absolute atomic E-state index is 12.3. The molecule has 0 radical (unpaired) electrons. The summed E-state index contributed by atoms with van der Waals surface area (Å²) in [5, 5.41) is 0. The first-order valence-corrected chi connectivity index (χ1v) is 9.06. The molecule has 3 aromatic rings. The lowest BCUT2D eigenvalue weighted by Gasteiger charge is -2.13. The van der Waals surface area contributed by atoms with E-state index in [1.165, 1.54) is 7.11 Å². The van der Waals surface area contributed by atoms with Crippen molar-refractivity contribution in [1.29, 1.82) is 0 Å². The van der Waals surface area contributed by atoms with Crippen LogP contribution in [0.1, 0.15) is 33.7 Å². The average molecular weight is 377 g/mol. The Bertz CT molecular complexity index is 979. The van der Waals surface area contributed by atoms with Crippen LogP contribution in [-0.2, 0) is 22.5 Å². The Labute approximate surface area is 164 Å². The van der Waals surface area contributed by atoms with E-state index in [0.717, 1.165) is 17.0 Å². The van der Waals surface area contributed by atoms with Gasteiger partial charge in [0.25, 0.3) is 5.91 Å². The van der Waals surface area contributed by atoms with Crippen LogP contribution in [0.4, 0.5) is 0 Å². The summed E-state index contributed by atoms with van der Waals surface area (Å²) in [7, 11) is 1.37. The molecule has 2 aromatic heterocycles. The third-order valence-corrected chi connectivity index (χ3v) is 4.78. The summed E-state index contributed by atoms with van der Waals surface area (Å²) < 4.78 is 6.85. The number of benzene rings is 1. The smallest absolute Gasteiger partial charge is 0.305 e. The number of hydrogen-bond acceptors (Lipinski definition) is 4. The number of carbonyl (C=O) groups is 2. The van der Waals surface area contributed by atoms with Crippen molar-refractivity contribution in [3.8, 4) is 11.3 Å². The summed E-state index contributed by atoms with van der Waals surface area (Å²) in [5.41, 5.74) is 10.2. The van der Waals surface area contributed by atoms with Gasteiger partial charge in [-0.3, -0.25) is 14.6 Å². The predicted molar refractivity (Wildman–Crippen MR) is 107 cm³/mol. The quantitative estimate of drug-likeness (QED) is 0.641. The number of methoxy groups -OCH3 is 1. The number of rotatable bonds is 7. The van der Waals surface area contributed by atoms with Crippen molar-refractivity contribution in [1.82, 2.24) is 9.55 Å². The van der Waals surface area contributed by atoms with Crippen LogP contribution >= 0.6 is 0 Å². The molecule has 0 unspecified atom stereocenters. The zero-order valence-corrected chi connectivity index (χ0v) is 16.0. The van der Waals surface area contributed by atoms with Crippen molar-refractivity contribution in [2.75, 3.05) is 7.11 Å². The highest BCUT2D eigenvalue weighted by Crippen LogP contribution is 2.33. The van der Waals surface area contributed by atoms with Crippen molar-refractivity contribution in [3.05, 3.63) is 77.2 Å². The molecule has 144 valence electrons. The lowest BCUT2D eigenvalue weighted by molar-refractivity contribution is -0.140. The van der Waals surface area contributed by atoms with Crippen LogP contribution in [0.2, 0.25) is 0 Å². The second-order valence-corrected chi connectivity index (χ2v) is 6.51. The average Bonchev–Trinajstić information content (AvgIpc) is 2.99. The Morgan fingerprint density at radius 1 is 1.11 bits per heavy atom.